The van der Waals surface area contributed by atoms with Crippen LogP contribution in [0.15, 0.2) is 71.9 Å². The normalized spacial score (nSPS) is 17.1. The lowest BCUT2D eigenvalue weighted by Gasteiger charge is -2.24. The molecule has 5 aromatic rings. The van der Waals surface area contributed by atoms with Gasteiger partial charge >= 0.3 is 6.09 Å². The van der Waals surface area contributed by atoms with Crippen molar-refractivity contribution in [3.8, 4) is 22.4 Å². The topological polar surface area (TPSA) is 133 Å². The number of nitrogens with zero attached hydrogens (tertiary/aromatic N) is 3. The summed E-state index contributed by atoms with van der Waals surface area (Å²) < 4.78 is 5.41. The van der Waals surface area contributed by atoms with Gasteiger partial charge in [0.15, 0.2) is 0 Å². The van der Waals surface area contributed by atoms with Crippen molar-refractivity contribution >= 4 is 33.7 Å². The van der Waals surface area contributed by atoms with E-state index in [0.29, 0.717) is 29.7 Å². The Hall–Kier alpha value is -4.99. The Kier molecular flexibility index (Phi) is 7.10. The number of rotatable bonds is 6. The van der Waals surface area contributed by atoms with Crippen molar-refractivity contribution in [2.75, 3.05) is 13.1 Å². The Morgan fingerprint density at radius 2 is 1.67 bits per heavy atom. The maximum absolute atomic E-state index is 13.1. The molecule has 1 aliphatic carbocycles. The van der Waals surface area contributed by atoms with Crippen molar-refractivity contribution in [1.82, 2.24) is 30.2 Å². The first-order valence-electron chi connectivity index (χ1n) is 14.8. The van der Waals surface area contributed by atoms with Crippen molar-refractivity contribution in [3.05, 3.63) is 83.3 Å². The summed E-state index contributed by atoms with van der Waals surface area (Å²) in [4.78, 5) is 55.0. The van der Waals surface area contributed by atoms with Gasteiger partial charge < -0.3 is 24.9 Å². The molecule has 1 saturated heterocycles. The molecule has 10 nitrogen and oxygen atoms in total. The summed E-state index contributed by atoms with van der Waals surface area (Å²) in [5.74, 6) is 0.230. The molecule has 1 atom stereocenters. The zero-order valence-electron chi connectivity index (χ0n) is 23.6. The van der Waals surface area contributed by atoms with Crippen LogP contribution in [0.1, 0.15) is 50.4 Å². The Morgan fingerprint density at radius 3 is 2.47 bits per heavy atom. The molecular weight excluding hydrogens is 544 g/mol. The van der Waals surface area contributed by atoms with Crippen LogP contribution in [0.3, 0.4) is 0 Å². The van der Waals surface area contributed by atoms with Gasteiger partial charge in [0.05, 0.1) is 35.2 Å². The van der Waals surface area contributed by atoms with Gasteiger partial charge in [0.1, 0.15) is 18.5 Å². The molecule has 3 heterocycles. The van der Waals surface area contributed by atoms with Gasteiger partial charge in [-0.2, -0.15) is 0 Å². The van der Waals surface area contributed by atoms with E-state index in [1.807, 2.05) is 12.1 Å². The molecule has 2 fully saturated rings. The van der Waals surface area contributed by atoms with Crippen molar-refractivity contribution in [2.24, 2.45) is 0 Å². The second-order valence-corrected chi connectivity index (χ2v) is 11.3. The first-order valence-corrected chi connectivity index (χ1v) is 14.8. The first-order chi connectivity index (χ1) is 21.0. The number of amides is 2. The fourth-order valence-electron chi connectivity index (χ4n) is 6.30. The highest BCUT2D eigenvalue weighted by Crippen LogP contribution is 2.32. The number of carbonyl (C=O) groups excluding carboxylic acids is 2. The van der Waals surface area contributed by atoms with Gasteiger partial charge in [0.2, 0.25) is 5.91 Å². The number of aromatic amines is 2. The monoisotopic (exact) mass is 576 g/mol. The van der Waals surface area contributed by atoms with Gasteiger partial charge in [-0.1, -0.05) is 30.3 Å². The number of nitrogens with one attached hydrogen (secondary N) is 3. The first kappa shape index (κ1) is 26.9. The molecule has 10 heteroatoms. The maximum Gasteiger partial charge on any atom is 0.407 e. The van der Waals surface area contributed by atoms with Crippen LogP contribution in [-0.4, -0.2) is 56.0 Å². The van der Waals surface area contributed by atoms with Crippen molar-refractivity contribution in [2.45, 2.75) is 50.7 Å². The van der Waals surface area contributed by atoms with E-state index < -0.39 is 6.09 Å². The summed E-state index contributed by atoms with van der Waals surface area (Å²) in [5.41, 5.74) is 4.32. The molecule has 43 heavy (non-hydrogen) atoms. The zero-order chi connectivity index (χ0) is 29.3. The Balaban J connectivity index is 1.11. The average molecular weight is 577 g/mol. The Bertz CT molecular complexity index is 1880. The third kappa shape index (κ3) is 5.48. The van der Waals surface area contributed by atoms with E-state index in [4.69, 9.17) is 9.72 Å². The second kappa shape index (κ2) is 11.4. The van der Waals surface area contributed by atoms with Crippen LogP contribution in [0.4, 0.5) is 4.79 Å². The standard InChI is InChI=1S/C33H32N6O4/c40-30(18-35-33(42)43-25-4-1-2-5-25)39-13-3-6-29(39)31-37-27-16-23(11-12-26(27)32(41)38-31)21-7-8-22-15-24(10-9-20(22)14-21)28-17-34-19-36-28/h7-12,14-17,19,25,29H,1-6,13,18H2,(H,34,36)(H,35,42)(H,37,38,41). The molecule has 1 saturated carbocycles. The number of hydrogen-bond donors (Lipinski definition) is 3. The smallest absolute Gasteiger partial charge is 0.407 e. The minimum absolute atomic E-state index is 0.0681. The number of ether oxygens (including phenoxy) is 1. The molecule has 0 bridgehead atoms. The molecule has 1 aliphatic heterocycles. The lowest BCUT2D eigenvalue weighted by atomic mass is 9.98. The van der Waals surface area contributed by atoms with Crippen molar-refractivity contribution in [1.29, 1.82) is 0 Å². The highest BCUT2D eigenvalue weighted by atomic mass is 16.6. The molecule has 3 aromatic carbocycles. The Morgan fingerprint density at radius 1 is 0.930 bits per heavy atom. The number of likely N-dealkylation sites (tertiary alicyclic amines) is 1. The molecule has 0 spiro atoms. The number of carbonyl (C=O) groups is 2. The van der Waals surface area contributed by atoms with Gasteiger partial charge in [-0.15, -0.1) is 0 Å². The maximum atomic E-state index is 13.1. The molecule has 0 radical (unpaired) electrons. The number of hydrogen-bond acceptors (Lipinski definition) is 6. The van der Waals surface area contributed by atoms with E-state index in [0.717, 1.165) is 65.3 Å². The van der Waals surface area contributed by atoms with Crippen LogP contribution in [0.25, 0.3) is 44.1 Å². The summed E-state index contributed by atoms with van der Waals surface area (Å²) in [6.45, 7) is 0.374. The van der Waals surface area contributed by atoms with Gasteiger partial charge in [-0.05, 0) is 84.7 Å². The van der Waals surface area contributed by atoms with E-state index >= 15 is 0 Å². The van der Waals surface area contributed by atoms with Gasteiger partial charge in [-0.25, -0.2) is 14.8 Å². The number of alkyl carbamates (subject to hydrolysis) is 1. The summed E-state index contributed by atoms with van der Waals surface area (Å²) in [6.07, 6.45) is 8.15. The van der Waals surface area contributed by atoms with E-state index in [2.05, 4.69) is 56.7 Å². The summed E-state index contributed by atoms with van der Waals surface area (Å²) in [6, 6.07) is 17.8. The van der Waals surface area contributed by atoms with Gasteiger partial charge in [0, 0.05) is 12.1 Å². The summed E-state index contributed by atoms with van der Waals surface area (Å²) in [7, 11) is 0. The number of benzene rings is 3. The van der Waals surface area contributed by atoms with E-state index in [1.165, 1.54) is 0 Å². The van der Waals surface area contributed by atoms with E-state index in [-0.39, 0.29) is 30.2 Å². The molecule has 3 N–H and O–H groups in total. The third-order valence-electron chi connectivity index (χ3n) is 8.56. The zero-order valence-corrected chi connectivity index (χ0v) is 23.6. The lowest BCUT2D eigenvalue weighted by Crippen LogP contribution is -2.41. The van der Waals surface area contributed by atoms with Crippen LogP contribution in [-0.2, 0) is 9.53 Å². The molecule has 1 unspecified atom stereocenters. The highest BCUT2D eigenvalue weighted by Gasteiger charge is 2.32. The molecule has 7 rings (SSSR count). The van der Waals surface area contributed by atoms with E-state index in [1.54, 1.807) is 23.5 Å². The van der Waals surface area contributed by atoms with Crippen LogP contribution in [0.2, 0.25) is 0 Å². The second-order valence-electron chi connectivity index (χ2n) is 11.3. The minimum atomic E-state index is -0.562. The highest BCUT2D eigenvalue weighted by molar-refractivity contribution is 5.92. The predicted octanol–water partition coefficient (Wildman–Crippen LogP) is 5.47. The number of imidazole rings is 1. The Labute approximate surface area is 247 Å². The quantitative estimate of drug-likeness (QED) is 0.246. The largest absolute Gasteiger partial charge is 0.446 e. The summed E-state index contributed by atoms with van der Waals surface area (Å²) in [5, 5.41) is 5.30. The molecule has 218 valence electrons. The predicted molar refractivity (Wildman–Crippen MR) is 163 cm³/mol. The lowest BCUT2D eigenvalue weighted by molar-refractivity contribution is -0.131. The average Bonchev–Trinajstić information content (AvgIpc) is 3.83. The fourth-order valence-corrected chi connectivity index (χ4v) is 6.30. The van der Waals surface area contributed by atoms with Gasteiger partial charge in [-0.3, -0.25) is 9.59 Å². The van der Waals surface area contributed by atoms with Crippen LogP contribution < -0.4 is 10.9 Å². The number of aromatic nitrogens is 4. The minimum Gasteiger partial charge on any atom is -0.446 e. The van der Waals surface area contributed by atoms with Crippen LogP contribution in [0.5, 0.6) is 0 Å². The SMILES string of the molecule is O=C(NCC(=O)N1CCCC1c1nc2cc(-c3ccc4cc(-c5cnc[nH]5)ccc4c3)ccc2c(=O)[nH]1)OC1CCCC1. The van der Waals surface area contributed by atoms with Crippen LogP contribution >= 0.6 is 0 Å². The van der Waals surface area contributed by atoms with Gasteiger partial charge in [0.25, 0.3) is 5.56 Å². The number of fused-ring (bicyclic) bond motifs is 2. The number of H-pyrrole nitrogens is 2. The molecule has 2 aliphatic rings. The molecule has 2 aromatic heterocycles. The summed E-state index contributed by atoms with van der Waals surface area (Å²) >= 11 is 0. The fraction of sp³-hybridized carbons (Fsp3) is 0.303. The molecular formula is C33H32N6O4. The third-order valence-corrected chi connectivity index (χ3v) is 8.56. The van der Waals surface area contributed by atoms with Crippen molar-refractivity contribution in [3.63, 3.8) is 0 Å². The van der Waals surface area contributed by atoms with Crippen LogP contribution in [0, 0.1) is 0 Å². The van der Waals surface area contributed by atoms with Crippen molar-refractivity contribution < 1.29 is 14.3 Å². The molecule has 2 amide bonds. The van der Waals surface area contributed by atoms with E-state index in [9.17, 15) is 14.4 Å².